The minimum Gasteiger partial charge on any atom is -0.394 e. The van der Waals surface area contributed by atoms with E-state index >= 15 is 0 Å². The maximum absolute atomic E-state index is 11.1. The fourth-order valence-corrected chi connectivity index (χ4v) is 4.57. The Kier molecular flexibility index (Phi) is 49.0. The van der Waals surface area contributed by atoms with Crippen molar-refractivity contribution in [1.29, 1.82) is 0 Å². The van der Waals surface area contributed by atoms with Crippen LogP contribution in [-0.4, -0.2) is 88.0 Å². The Balaban J connectivity index is -0.000000329. The van der Waals surface area contributed by atoms with E-state index in [9.17, 15) is 14.7 Å². The summed E-state index contributed by atoms with van der Waals surface area (Å²) in [5.41, 5.74) is 0. The maximum Gasteiger partial charge on any atom is 0.245 e. The molecule has 1 aliphatic heterocycles. The van der Waals surface area contributed by atoms with Crippen molar-refractivity contribution in [3.63, 3.8) is 0 Å². The standard InChI is InChI=1S/C16H32O.C14H26BNO6.C2H6.2Y/c1-2-3-4-5-6-7-8-9-10-11-12-13-14-15-16-17;1-20-9-11(18)16-6-4-2-3-5-7-21-13-12(19)10(8-17)22-14(13)15;1-2;;/h16H,2-15H2,1H3;10,12-14,17,19H,2-9H2,1H3,(H,16,18);1-2H3;;. The van der Waals surface area contributed by atoms with Gasteiger partial charge in [0.15, 0.2) is 0 Å². The molecule has 0 aromatic heterocycles. The quantitative estimate of drug-likeness (QED) is 0.0628. The summed E-state index contributed by atoms with van der Waals surface area (Å²) in [4.78, 5) is 21.2. The van der Waals surface area contributed by atoms with Crippen molar-refractivity contribution in [2.45, 2.75) is 161 Å². The van der Waals surface area contributed by atoms with Gasteiger partial charge in [0.25, 0.3) is 0 Å². The minimum atomic E-state index is -0.893. The number of aldehydes is 1. The second-order valence-electron chi connectivity index (χ2n) is 10.5. The summed E-state index contributed by atoms with van der Waals surface area (Å²) < 4.78 is 15.4. The Bertz CT molecular complexity index is 568. The van der Waals surface area contributed by atoms with Crippen LogP contribution in [0.1, 0.15) is 136 Å². The molecule has 248 valence electrons. The fourth-order valence-electron chi connectivity index (χ4n) is 4.57. The summed E-state index contributed by atoms with van der Waals surface area (Å²) in [5, 5.41) is 21.6. The number of carbonyl (C=O) groups is 2. The molecule has 0 saturated carbocycles. The van der Waals surface area contributed by atoms with Gasteiger partial charge in [0.2, 0.25) is 5.91 Å². The third-order valence-electron chi connectivity index (χ3n) is 6.96. The minimum absolute atomic E-state index is 0. The van der Waals surface area contributed by atoms with Crippen LogP contribution in [0.25, 0.3) is 0 Å². The molecule has 0 bridgehead atoms. The molecule has 11 heteroatoms. The first-order chi connectivity index (χ1) is 20.0. The number of nitrogens with one attached hydrogen (secondary N) is 1. The smallest absolute Gasteiger partial charge is 0.245 e. The fraction of sp³-hybridized carbons (Fsp3) is 0.938. The van der Waals surface area contributed by atoms with E-state index in [4.69, 9.17) is 27.2 Å². The van der Waals surface area contributed by atoms with Crippen molar-refractivity contribution >= 4 is 20.0 Å². The van der Waals surface area contributed by atoms with Crippen molar-refractivity contribution < 1.29 is 99.4 Å². The number of aliphatic hydroxyl groups excluding tert-OH is 2. The van der Waals surface area contributed by atoms with Gasteiger partial charge in [-0.15, -0.1) is 0 Å². The normalized spacial score (nSPS) is 18.7. The first-order valence-corrected chi connectivity index (χ1v) is 16.5. The van der Waals surface area contributed by atoms with Gasteiger partial charge in [-0.3, -0.25) is 4.79 Å². The van der Waals surface area contributed by atoms with Crippen molar-refractivity contribution in [1.82, 2.24) is 5.32 Å². The number of hydrogen-bond donors (Lipinski definition) is 3. The van der Waals surface area contributed by atoms with Gasteiger partial charge in [0.05, 0.1) is 6.61 Å². The molecule has 43 heavy (non-hydrogen) atoms. The van der Waals surface area contributed by atoms with Crippen LogP contribution in [0.4, 0.5) is 0 Å². The van der Waals surface area contributed by atoms with E-state index in [1.54, 1.807) is 0 Å². The average molecular weight is 763 g/mol. The van der Waals surface area contributed by atoms with Crippen LogP contribution in [0.15, 0.2) is 0 Å². The Morgan fingerprint density at radius 1 is 0.860 bits per heavy atom. The SMILES string of the molecule is CC.CCCCCCCCCCCCCCCC=O.[B]C1OC(CO)C(O)C1OCCCCCCNC(=O)COC.[Y].[Y]. The molecule has 4 radical (unpaired) electrons. The molecule has 3 N–H and O–H groups in total. The Morgan fingerprint density at radius 3 is 1.81 bits per heavy atom. The zero-order chi connectivity index (χ0) is 31.0. The number of methoxy groups -OCH3 is 1. The number of hydrogen-bond acceptors (Lipinski definition) is 7. The van der Waals surface area contributed by atoms with Crippen LogP contribution in [0.5, 0.6) is 0 Å². The van der Waals surface area contributed by atoms with Crippen molar-refractivity contribution in [3.05, 3.63) is 0 Å². The van der Waals surface area contributed by atoms with E-state index in [-0.39, 0.29) is 84.5 Å². The number of aliphatic hydroxyl groups is 2. The third-order valence-corrected chi connectivity index (χ3v) is 6.96. The Labute approximate surface area is 316 Å². The molecule has 1 rings (SSSR count). The molecule has 1 fully saturated rings. The Morgan fingerprint density at radius 2 is 1.35 bits per heavy atom. The molecular weight excluding hydrogens is 699 g/mol. The summed E-state index contributed by atoms with van der Waals surface area (Å²) >= 11 is 0. The number of ether oxygens (including phenoxy) is 3. The van der Waals surface area contributed by atoms with Gasteiger partial charge in [-0.05, 0) is 19.3 Å². The molecule has 0 aromatic rings. The molecule has 1 heterocycles. The van der Waals surface area contributed by atoms with Gasteiger partial charge >= 0.3 is 0 Å². The topological polar surface area (TPSA) is 114 Å². The van der Waals surface area contributed by atoms with Crippen LogP contribution in [-0.2, 0) is 89.2 Å². The molecule has 0 aromatic carbocycles. The van der Waals surface area contributed by atoms with E-state index in [1.807, 2.05) is 13.8 Å². The Hall–Kier alpha value is 1.21. The predicted molar refractivity (Wildman–Crippen MR) is 168 cm³/mol. The summed E-state index contributed by atoms with van der Waals surface area (Å²) in [6.07, 6.45) is 21.1. The molecule has 0 aliphatic carbocycles. The summed E-state index contributed by atoms with van der Waals surface area (Å²) in [6, 6.07) is -0.705. The van der Waals surface area contributed by atoms with Gasteiger partial charge < -0.3 is 34.5 Å². The average Bonchev–Trinajstić information content (AvgIpc) is 3.26. The van der Waals surface area contributed by atoms with E-state index in [0.29, 0.717) is 13.2 Å². The van der Waals surface area contributed by atoms with E-state index < -0.39 is 24.3 Å². The molecule has 1 amide bonds. The van der Waals surface area contributed by atoms with Gasteiger partial charge in [0, 0.05) is 98.1 Å². The number of carbonyl (C=O) groups excluding carboxylic acids is 2. The number of amides is 1. The molecule has 4 atom stereocenters. The first-order valence-electron chi connectivity index (χ1n) is 16.5. The molecule has 0 spiro atoms. The van der Waals surface area contributed by atoms with Crippen LogP contribution in [0.3, 0.4) is 0 Å². The van der Waals surface area contributed by atoms with Gasteiger partial charge in [-0.2, -0.15) is 0 Å². The van der Waals surface area contributed by atoms with Crippen molar-refractivity contribution in [2.24, 2.45) is 0 Å². The first kappa shape index (κ1) is 51.1. The molecule has 8 nitrogen and oxygen atoms in total. The maximum atomic E-state index is 11.1. The van der Waals surface area contributed by atoms with Crippen LogP contribution in [0, 0.1) is 0 Å². The number of unbranched alkanes of at least 4 members (excludes halogenated alkanes) is 16. The van der Waals surface area contributed by atoms with Crippen LogP contribution < -0.4 is 5.32 Å². The van der Waals surface area contributed by atoms with Gasteiger partial charge in [-0.25, -0.2) is 0 Å². The number of rotatable bonds is 25. The largest absolute Gasteiger partial charge is 0.394 e. The van der Waals surface area contributed by atoms with Crippen LogP contribution >= 0.6 is 0 Å². The van der Waals surface area contributed by atoms with Crippen molar-refractivity contribution in [2.75, 3.05) is 33.5 Å². The summed E-state index contributed by atoms with van der Waals surface area (Å²) in [5.74, 6) is -0.103. The van der Waals surface area contributed by atoms with E-state index in [2.05, 4.69) is 12.2 Å². The third kappa shape index (κ3) is 32.9. The summed E-state index contributed by atoms with van der Waals surface area (Å²) in [7, 11) is 7.19. The van der Waals surface area contributed by atoms with E-state index in [0.717, 1.165) is 44.8 Å². The molecule has 4 unspecified atom stereocenters. The second-order valence-corrected chi connectivity index (χ2v) is 10.5. The van der Waals surface area contributed by atoms with Gasteiger partial charge in [0.1, 0.15) is 39.1 Å². The molecule has 1 aliphatic rings. The van der Waals surface area contributed by atoms with E-state index in [1.165, 1.54) is 84.2 Å². The van der Waals surface area contributed by atoms with Crippen LogP contribution in [0.2, 0.25) is 0 Å². The van der Waals surface area contributed by atoms with Gasteiger partial charge in [-0.1, -0.05) is 111 Å². The zero-order valence-electron chi connectivity index (χ0n) is 28.1. The zero-order valence-corrected chi connectivity index (χ0v) is 33.8. The summed E-state index contributed by atoms with van der Waals surface area (Å²) in [6.45, 7) is 7.21. The monoisotopic (exact) mass is 763 g/mol. The molecule has 1 saturated heterocycles. The molecular formula is C32H64BNO7Y2. The van der Waals surface area contributed by atoms with Crippen molar-refractivity contribution in [3.8, 4) is 0 Å². The predicted octanol–water partition coefficient (Wildman–Crippen LogP) is 5.63. The second kappa shape index (κ2) is 41.2.